The lowest BCUT2D eigenvalue weighted by molar-refractivity contribution is 0.498. The van der Waals surface area contributed by atoms with Crippen molar-refractivity contribution in [1.82, 2.24) is 5.32 Å². The van der Waals surface area contributed by atoms with Crippen LogP contribution >= 0.6 is 11.6 Å². The summed E-state index contributed by atoms with van der Waals surface area (Å²) in [7, 11) is 0. The Morgan fingerprint density at radius 1 is 1.19 bits per heavy atom. The molecule has 0 atom stereocenters. The van der Waals surface area contributed by atoms with Gasteiger partial charge in [-0.05, 0) is 30.8 Å². The molecule has 0 saturated carbocycles. The Bertz CT molecular complexity index is 464. The Hall–Kier alpha value is -1.25. The molecule has 0 aliphatic heterocycles. The molecular weight excluding hydrogens is 222 g/mol. The number of nitrogens with one attached hydrogen (secondary N) is 1. The molecule has 1 aromatic heterocycles. The van der Waals surface area contributed by atoms with Crippen LogP contribution in [0, 0.1) is 0 Å². The van der Waals surface area contributed by atoms with Crippen molar-refractivity contribution in [3.05, 3.63) is 47.2 Å². The van der Waals surface area contributed by atoms with Gasteiger partial charge in [0, 0.05) is 5.56 Å². The largest absolute Gasteiger partial charge is 0.460 e. The lowest BCUT2D eigenvalue weighted by Crippen LogP contribution is -2.10. The molecule has 3 heteroatoms. The topological polar surface area (TPSA) is 25.2 Å². The minimum atomic E-state index is 0.715. The normalized spacial score (nSPS) is 10.6. The summed E-state index contributed by atoms with van der Waals surface area (Å²) >= 11 is 6.10. The second kappa shape index (κ2) is 5.19. The first-order chi connectivity index (χ1) is 7.81. The SMILES string of the molecule is CCNCc1ccc(-c2ccccc2Cl)o1. The summed E-state index contributed by atoms with van der Waals surface area (Å²) in [5.41, 5.74) is 0.937. The van der Waals surface area contributed by atoms with Crippen LogP contribution in [0.3, 0.4) is 0 Å². The zero-order valence-electron chi connectivity index (χ0n) is 9.16. The third-order valence-corrected chi connectivity index (χ3v) is 2.68. The van der Waals surface area contributed by atoms with E-state index in [1.165, 1.54) is 0 Å². The van der Waals surface area contributed by atoms with Crippen molar-refractivity contribution >= 4 is 11.6 Å². The van der Waals surface area contributed by atoms with Gasteiger partial charge in [0.15, 0.2) is 0 Å². The Morgan fingerprint density at radius 2 is 2.00 bits per heavy atom. The molecule has 0 spiro atoms. The highest BCUT2D eigenvalue weighted by Gasteiger charge is 2.07. The molecule has 0 amide bonds. The summed E-state index contributed by atoms with van der Waals surface area (Å²) in [6.45, 7) is 3.75. The number of hydrogen-bond donors (Lipinski definition) is 1. The highest BCUT2D eigenvalue weighted by atomic mass is 35.5. The van der Waals surface area contributed by atoms with Gasteiger partial charge in [-0.2, -0.15) is 0 Å². The maximum atomic E-state index is 6.10. The van der Waals surface area contributed by atoms with Gasteiger partial charge in [-0.1, -0.05) is 30.7 Å². The standard InChI is InChI=1S/C13H14ClNO/c1-2-15-9-10-7-8-13(16-10)11-5-3-4-6-12(11)14/h3-8,15H,2,9H2,1H3. The van der Waals surface area contributed by atoms with Crippen LogP contribution in [0.4, 0.5) is 0 Å². The summed E-state index contributed by atoms with van der Waals surface area (Å²) in [6, 6.07) is 11.6. The molecule has 0 saturated heterocycles. The lowest BCUT2D eigenvalue weighted by Gasteiger charge is -2.00. The Morgan fingerprint density at radius 3 is 2.75 bits per heavy atom. The van der Waals surface area contributed by atoms with Gasteiger partial charge in [-0.3, -0.25) is 0 Å². The van der Waals surface area contributed by atoms with Gasteiger partial charge in [-0.25, -0.2) is 0 Å². The maximum absolute atomic E-state index is 6.10. The lowest BCUT2D eigenvalue weighted by atomic mass is 10.2. The van der Waals surface area contributed by atoms with Crippen LogP contribution in [-0.4, -0.2) is 6.54 Å². The monoisotopic (exact) mass is 235 g/mol. The van der Waals surface area contributed by atoms with Crippen LogP contribution in [0.5, 0.6) is 0 Å². The summed E-state index contributed by atoms with van der Waals surface area (Å²) in [5, 5.41) is 3.93. The number of rotatable bonds is 4. The van der Waals surface area contributed by atoms with Crippen LogP contribution in [0.15, 0.2) is 40.8 Å². The van der Waals surface area contributed by atoms with Crippen LogP contribution in [0.2, 0.25) is 5.02 Å². The molecule has 2 nitrogen and oxygen atoms in total. The van der Waals surface area contributed by atoms with E-state index in [9.17, 15) is 0 Å². The summed E-state index contributed by atoms with van der Waals surface area (Å²) < 4.78 is 5.71. The molecule has 0 fully saturated rings. The van der Waals surface area contributed by atoms with Crippen molar-refractivity contribution in [3.8, 4) is 11.3 Å². The number of halogens is 1. The van der Waals surface area contributed by atoms with Crippen molar-refractivity contribution < 1.29 is 4.42 Å². The molecule has 0 bridgehead atoms. The summed E-state index contributed by atoms with van der Waals surface area (Å²) in [5.74, 6) is 1.75. The summed E-state index contributed by atoms with van der Waals surface area (Å²) in [6.07, 6.45) is 0. The van der Waals surface area contributed by atoms with Gasteiger partial charge in [0.05, 0.1) is 11.6 Å². The first kappa shape index (κ1) is 11.2. The molecule has 2 aromatic rings. The molecular formula is C13H14ClNO. The molecule has 0 aliphatic carbocycles. The van der Waals surface area contributed by atoms with E-state index in [1.54, 1.807) is 0 Å². The first-order valence-electron chi connectivity index (χ1n) is 5.35. The van der Waals surface area contributed by atoms with Gasteiger partial charge < -0.3 is 9.73 Å². The molecule has 0 radical (unpaired) electrons. The van der Waals surface area contributed by atoms with E-state index in [1.807, 2.05) is 36.4 Å². The number of hydrogen-bond acceptors (Lipinski definition) is 2. The van der Waals surface area contributed by atoms with E-state index < -0.39 is 0 Å². The first-order valence-corrected chi connectivity index (χ1v) is 5.73. The molecule has 2 rings (SSSR count). The molecule has 1 N–H and O–H groups in total. The fourth-order valence-electron chi connectivity index (χ4n) is 1.53. The van der Waals surface area contributed by atoms with Crippen molar-refractivity contribution in [3.63, 3.8) is 0 Å². The van der Waals surface area contributed by atoms with Gasteiger partial charge in [0.1, 0.15) is 11.5 Å². The van der Waals surface area contributed by atoms with Gasteiger partial charge in [0.2, 0.25) is 0 Å². The fourth-order valence-corrected chi connectivity index (χ4v) is 1.76. The van der Waals surface area contributed by atoms with Crippen molar-refractivity contribution in [1.29, 1.82) is 0 Å². The molecule has 16 heavy (non-hydrogen) atoms. The fraction of sp³-hybridized carbons (Fsp3) is 0.231. The van der Waals surface area contributed by atoms with Crippen LogP contribution < -0.4 is 5.32 Å². The average Bonchev–Trinajstić information content (AvgIpc) is 2.75. The third-order valence-electron chi connectivity index (χ3n) is 2.35. The third kappa shape index (κ3) is 2.46. The smallest absolute Gasteiger partial charge is 0.135 e. The Labute approximate surface area is 100 Å². The minimum Gasteiger partial charge on any atom is -0.460 e. The van der Waals surface area contributed by atoms with E-state index in [0.29, 0.717) is 5.02 Å². The molecule has 1 heterocycles. The minimum absolute atomic E-state index is 0.715. The predicted molar refractivity (Wildman–Crippen MR) is 66.5 cm³/mol. The Balaban J connectivity index is 2.22. The van der Waals surface area contributed by atoms with Crippen LogP contribution in [0.1, 0.15) is 12.7 Å². The van der Waals surface area contributed by atoms with Gasteiger partial charge in [-0.15, -0.1) is 0 Å². The zero-order valence-corrected chi connectivity index (χ0v) is 9.92. The van der Waals surface area contributed by atoms with E-state index >= 15 is 0 Å². The van der Waals surface area contributed by atoms with Gasteiger partial charge >= 0.3 is 0 Å². The van der Waals surface area contributed by atoms with Gasteiger partial charge in [0.25, 0.3) is 0 Å². The molecule has 0 aliphatic rings. The van der Waals surface area contributed by atoms with Crippen molar-refractivity contribution in [2.45, 2.75) is 13.5 Å². The molecule has 84 valence electrons. The van der Waals surface area contributed by atoms with E-state index in [-0.39, 0.29) is 0 Å². The van der Waals surface area contributed by atoms with Crippen LogP contribution in [0.25, 0.3) is 11.3 Å². The number of benzene rings is 1. The van der Waals surface area contributed by atoms with E-state index in [4.69, 9.17) is 16.0 Å². The van der Waals surface area contributed by atoms with E-state index in [0.717, 1.165) is 30.2 Å². The highest BCUT2D eigenvalue weighted by molar-refractivity contribution is 6.33. The molecule has 1 aromatic carbocycles. The van der Waals surface area contributed by atoms with Crippen LogP contribution in [-0.2, 0) is 6.54 Å². The molecule has 0 unspecified atom stereocenters. The van der Waals surface area contributed by atoms with Crippen molar-refractivity contribution in [2.24, 2.45) is 0 Å². The maximum Gasteiger partial charge on any atom is 0.135 e. The average molecular weight is 236 g/mol. The predicted octanol–water partition coefficient (Wildman–Crippen LogP) is 3.71. The highest BCUT2D eigenvalue weighted by Crippen LogP contribution is 2.28. The zero-order chi connectivity index (χ0) is 11.4. The Kier molecular flexibility index (Phi) is 3.65. The quantitative estimate of drug-likeness (QED) is 0.874. The van der Waals surface area contributed by atoms with Crippen molar-refractivity contribution in [2.75, 3.05) is 6.54 Å². The number of furan rings is 1. The second-order valence-electron chi connectivity index (χ2n) is 3.53. The summed E-state index contributed by atoms with van der Waals surface area (Å²) in [4.78, 5) is 0. The van der Waals surface area contributed by atoms with E-state index in [2.05, 4.69) is 12.2 Å². The second-order valence-corrected chi connectivity index (χ2v) is 3.93.